The van der Waals surface area contributed by atoms with E-state index in [1.165, 1.54) is 6.92 Å². The predicted octanol–water partition coefficient (Wildman–Crippen LogP) is 2.96. The number of aliphatic hydroxyl groups is 1. The number of hydrogen-bond acceptors (Lipinski definition) is 3. The number of Topliss-reactive ketones (excluding diaryl/α,β-unsaturated/α-hetero) is 1. The van der Waals surface area contributed by atoms with Gasteiger partial charge < -0.3 is 14.6 Å². The van der Waals surface area contributed by atoms with Crippen molar-refractivity contribution >= 4 is 11.7 Å². The summed E-state index contributed by atoms with van der Waals surface area (Å²) in [6.45, 7) is 2.18. The van der Waals surface area contributed by atoms with Gasteiger partial charge in [0.2, 0.25) is 0 Å². The number of aromatic nitrogens is 1. The molecule has 132 valence electrons. The van der Waals surface area contributed by atoms with E-state index in [2.05, 4.69) is 0 Å². The first-order valence-corrected chi connectivity index (χ1v) is 8.68. The molecule has 1 aliphatic heterocycles. The average Bonchev–Trinajstić information content (AvgIpc) is 3.21. The van der Waals surface area contributed by atoms with E-state index in [4.69, 9.17) is 0 Å². The summed E-state index contributed by atoms with van der Waals surface area (Å²) in [5.74, 6) is -0.120. The highest BCUT2D eigenvalue weighted by Crippen LogP contribution is 2.28. The number of aliphatic hydroxyl groups excluding tert-OH is 1. The third-order valence-corrected chi connectivity index (χ3v) is 4.95. The fraction of sp³-hybridized carbons (Fsp3) is 0.400. The molecule has 0 aliphatic carbocycles. The molecule has 25 heavy (non-hydrogen) atoms. The zero-order valence-electron chi connectivity index (χ0n) is 14.7. The van der Waals surface area contributed by atoms with Crippen LogP contribution in [-0.4, -0.2) is 38.9 Å². The van der Waals surface area contributed by atoms with Crippen LogP contribution in [-0.2, 0) is 7.05 Å². The molecule has 1 fully saturated rings. The van der Waals surface area contributed by atoms with Crippen molar-refractivity contribution in [1.82, 2.24) is 9.47 Å². The van der Waals surface area contributed by atoms with E-state index >= 15 is 0 Å². The van der Waals surface area contributed by atoms with E-state index in [1.54, 1.807) is 23.9 Å². The van der Waals surface area contributed by atoms with Gasteiger partial charge in [-0.05, 0) is 37.8 Å². The van der Waals surface area contributed by atoms with Crippen LogP contribution >= 0.6 is 0 Å². The Balaban J connectivity index is 1.75. The number of rotatable bonds is 5. The van der Waals surface area contributed by atoms with Crippen LogP contribution in [0, 0.1) is 0 Å². The fourth-order valence-electron chi connectivity index (χ4n) is 3.53. The maximum Gasteiger partial charge on any atom is 0.270 e. The summed E-state index contributed by atoms with van der Waals surface area (Å²) in [5, 5.41) is 10.5. The molecule has 3 rings (SSSR count). The maximum absolute atomic E-state index is 12.9. The summed E-state index contributed by atoms with van der Waals surface area (Å²) in [6, 6.07) is 11.2. The minimum absolute atomic E-state index is 0.0124. The lowest BCUT2D eigenvalue weighted by atomic mass is 10.0. The third-order valence-electron chi connectivity index (χ3n) is 4.95. The summed E-state index contributed by atoms with van der Waals surface area (Å²) in [6.07, 6.45) is 3.46. The highest BCUT2D eigenvalue weighted by Gasteiger charge is 2.32. The van der Waals surface area contributed by atoms with Gasteiger partial charge >= 0.3 is 0 Å². The molecule has 2 heterocycles. The molecular formula is C20H24N2O3. The van der Waals surface area contributed by atoms with Crippen molar-refractivity contribution in [3.63, 3.8) is 0 Å². The zero-order valence-corrected chi connectivity index (χ0v) is 14.7. The van der Waals surface area contributed by atoms with Crippen molar-refractivity contribution in [3.05, 3.63) is 59.4 Å². The minimum atomic E-state index is -0.583. The van der Waals surface area contributed by atoms with Crippen LogP contribution in [0.3, 0.4) is 0 Å². The lowest BCUT2D eigenvalue weighted by molar-refractivity contribution is 0.0658. The summed E-state index contributed by atoms with van der Waals surface area (Å²) in [5.41, 5.74) is 1.94. The van der Waals surface area contributed by atoms with E-state index < -0.39 is 6.10 Å². The van der Waals surface area contributed by atoms with Gasteiger partial charge in [-0.2, -0.15) is 0 Å². The number of carbonyl (C=O) groups is 2. The number of likely N-dealkylation sites (tertiary alicyclic amines) is 1. The standard InChI is InChI=1S/C20H24N2O3/c1-14(23)16-11-18(21(2)13-16)20(25)22-10-6-9-17(22)12-19(24)15-7-4-3-5-8-15/h3-5,7-8,11,13,17,19,24H,6,9-10,12H2,1-2H3. The quantitative estimate of drug-likeness (QED) is 0.851. The van der Waals surface area contributed by atoms with Crippen LogP contribution in [0.4, 0.5) is 0 Å². The number of nitrogens with zero attached hydrogens (tertiary/aromatic N) is 2. The molecular weight excluding hydrogens is 316 g/mol. The first-order valence-electron chi connectivity index (χ1n) is 8.68. The van der Waals surface area contributed by atoms with E-state index in [-0.39, 0.29) is 17.7 Å². The number of aryl methyl sites for hydroxylation is 1. The normalized spacial score (nSPS) is 18.4. The number of ketones is 1. The molecule has 1 amide bonds. The SMILES string of the molecule is CC(=O)c1cc(C(=O)N2CCCC2CC(O)c2ccccc2)n(C)c1. The van der Waals surface area contributed by atoms with Gasteiger partial charge in [0.05, 0.1) is 6.10 Å². The number of amides is 1. The topological polar surface area (TPSA) is 62.5 Å². The van der Waals surface area contributed by atoms with Crippen LogP contribution in [0.15, 0.2) is 42.6 Å². The number of carbonyl (C=O) groups excluding carboxylic acids is 2. The third kappa shape index (κ3) is 3.66. The van der Waals surface area contributed by atoms with E-state index in [9.17, 15) is 14.7 Å². The Labute approximate surface area is 147 Å². The second kappa shape index (κ2) is 7.23. The van der Waals surface area contributed by atoms with Gasteiger partial charge in [-0.25, -0.2) is 0 Å². The summed E-state index contributed by atoms with van der Waals surface area (Å²) < 4.78 is 1.71. The Bertz CT molecular complexity index is 767. The Morgan fingerprint density at radius 2 is 2.00 bits per heavy atom. The Hall–Kier alpha value is -2.40. The van der Waals surface area contributed by atoms with Gasteiger partial charge in [0.15, 0.2) is 5.78 Å². The zero-order chi connectivity index (χ0) is 18.0. The molecule has 2 aromatic rings. The van der Waals surface area contributed by atoms with Crippen LogP contribution in [0.5, 0.6) is 0 Å². The Morgan fingerprint density at radius 1 is 1.28 bits per heavy atom. The first kappa shape index (κ1) is 17.4. The lowest BCUT2D eigenvalue weighted by Crippen LogP contribution is -2.37. The Kier molecular flexibility index (Phi) is 5.04. The smallest absolute Gasteiger partial charge is 0.270 e. The lowest BCUT2D eigenvalue weighted by Gasteiger charge is -2.27. The fourth-order valence-corrected chi connectivity index (χ4v) is 3.53. The molecule has 1 saturated heterocycles. The second-order valence-electron chi connectivity index (χ2n) is 6.74. The largest absolute Gasteiger partial charge is 0.388 e. The molecule has 5 heteroatoms. The molecule has 1 aromatic heterocycles. The molecule has 1 aromatic carbocycles. The molecule has 0 spiro atoms. The molecule has 5 nitrogen and oxygen atoms in total. The Morgan fingerprint density at radius 3 is 2.64 bits per heavy atom. The molecule has 0 bridgehead atoms. The first-order chi connectivity index (χ1) is 12.0. The average molecular weight is 340 g/mol. The van der Waals surface area contributed by atoms with Gasteiger partial charge in [0.1, 0.15) is 5.69 Å². The van der Waals surface area contributed by atoms with Crippen molar-refractivity contribution in [1.29, 1.82) is 0 Å². The molecule has 0 radical (unpaired) electrons. The van der Waals surface area contributed by atoms with Gasteiger partial charge in [0.25, 0.3) is 5.91 Å². The van der Waals surface area contributed by atoms with Crippen molar-refractivity contribution in [2.45, 2.75) is 38.3 Å². The minimum Gasteiger partial charge on any atom is -0.388 e. The van der Waals surface area contributed by atoms with Crippen LogP contribution in [0.2, 0.25) is 0 Å². The van der Waals surface area contributed by atoms with Gasteiger partial charge in [0, 0.05) is 31.4 Å². The number of benzene rings is 1. The molecule has 2 atom stereocenters. The van der Waals surface area contributed by atoms with Crippen molar-refractivity contribution in [2.75, 3.05) is 6.54 Å². The highest BCUT2D eigenvalue weighted by atomic mass is 16.3. The monoisotopic (exact) mass is 340 g/mol. The highest BCUT2D eigenvalue weighted by molar-refractivity contribution is 5.99. The van der Waals surface area contributed by atoms with Crippen LogP contribution in [0.25, 0.3) is 0 Å². The van der Waals surface area contributed by atoms with Crippen molar-refractivity contribution in [3.8, 4) is 0 Å². The van der Waals surface area contributed by atoms with E-state index in [1.807, 2.05) is 35.2 Å². The summed E-state index contributed by atoms with van der Waals surface area (Å²) in [4.78, 5) is 26.3. The second-order valence-corrected chi connectivity index (χ2v) is 6.74. The molecule has 2 unspecified atom stereocenters. The molecule has 1 N–H and O–H groups in total. The predicted molar refractivity (Wildman–Crippen MR) is 95.5 cm³/mol. The van der Waals surface area contributed by atoms with Crippen molar-refractivity contribution in [2.24, 2.45) is 7.05 Å². The molecule has 1 aliphatic rings. The van der Waals surface area contributed by atoms with Crippen LogP contribution in [0.1, 0.15) is 58.7 Å². The summed E-state index contributed by atoms with van der Waals surface area (Å²) in [7, 11) is 1.78. The van der Waals surface area contributed by atoms with E-state index in [0.717, 1.165) is 18.4 Å². The van der Waals surface area contributed by atoms with Crippen LogP contribution < -0.4 is 0 Å². The maximum atomic E-state index is 12.9. The van der Waals surface area contributed by atoms with E-state index in [0.29, 0.717) is 24.2 Å². The summed E-state index contributed by atoms with van der Waals surface area (Å²) >= 11 is 0. The number of hydrogen-bond donors (Lipinski definition) is 1. The van der Waals surface area contributed by atoms with Crippen molar-refractivity contribution < 1.29 is 14.7 Å². The van der Waals surface area contributed by atoms with Gasteiger partial charge in [-0.15, -0.1) is 0 Å². The van der Waals surface area contributed by atoms with Gasteiger partial charge in [-0.3, -0.25) is 9.59 Å². The molecule has 0 saturated carbocycles. The van der Waals surface area contributed by atoms with Gasteiger partial charge in [-0.1, -0.05) is 30.3 Å².